The molecule has 0 fully saturated rings. The van der Waals surface area contributed by atoms with Crippen molar-refractivity contribution in [2.75, 3.05) is 0 Å². The minimum atomic E-state index is -0.807. The van der Waals surface area contributed by atoms with Crippen molar-refractivity contribution in [1.29, 1.82) is 0 Å². The molecule has 0 aliphatic rings. The summed E-state index contributed by atoms with van der Waals surface area (Å²) in [6, 6.07) is 0. The fourth-order valence-corrected chi connectivity index (χ4v) is 1.32. The first-order chi connectivity index (χ1) is 7.90. The molecule has 4 nitrogen and oxygen atoms in total. The molecule has 0 amide bonds. The molecule has 0 rings (SSSR count). The van der Waals surface area contributed by atoms with Gasteiger partial charge in [-0.05, 0) is 29.6 Å². The van der Waals surface area contributed by atoms with E-state index in [4.69, 9.17) is 27.9 Å². The molecule has 0 aliphatic heterocycles. The molecule has 0 heterocycles. The van der Waals surface area contributed by atoms with Gasteiger partial charge in [0.25, 0.3) is 0 Å². The Morgan fingerprint density at radius 2 is 1.94 bits per heavy atom. The van der Waals surface area contributed by atoms with Gasteiger partial charge in [0.1, 0.15) is 6.10 Å². The predicted molar refractivity (Wildman–Crippen MR) is 64.8 cm³/mol. The van der Waals surface area contributed by atoms with Gasteiger partial charge in [-0.3, -0.25) is 9.59 Å². The van der Waals surface area contributed by atoms with E-state index in [0.717, 1.165) is 12.2 Å². The molecular weight excluding hydrogens is 267 g/mol. The zero-order valence-electron chi connectivity index (χ0n) is 9.24. The van der Waals surface area contributed by atoms with Gasteiger partial charge >= 0.3 is 5.97 Å². The summed E-state index contributed by atoms with van der Waals surface area (Å²) in [5.74, 6) is -0.601. The first-order valence-electron chi connectivity index (χ1n) is 4.83. The third kappa shape index (κ3) is 6.92. The Labute approximate surface area is 109 Å². The Bertz CT molecular complexity index is 360. The van der Waals surface area contributed by atoms with E-state index < -0.39 is 22.6 Å². The van der Waals surface area contributed by atoms with Gasteiger partial charge in [0.05, 0.1) is 0 Å². The van der Waals surface area contributed by atoms with Crippen LogP contribution in [-0.4, -0.2) is 22.6 Å². The molecule has 0 aromatic rings. The van der Waals surface area contributed by atoms with Gasteiger partial charge in [-0.25, -0.2) is 4.79 Å². The van der Waals surface area contributed by atoms with Crippen molar-refractivity contribution < 1.29 is 19.1 Å². The molecule has 94 valence electrons. The zero-order chi connectivity index (χ0) is 13.4. The summed E-state index contributed by atoms with van der Waals surface area (Å²) < 4.78 is 4.95. The van der Waals surface area contributed by atoms with Crippen molar-refractivity contribution in [2.24, 2.45) is 0 Å². The van der Waals surface area contributed by atoms with Crippen LogP contribution < -0.4 is 0 Å². The van der Waals surface area contributed by atoms with Gasteiger partial charge in [-0.15, -0.1) is 0 Å². The van der Waals surface area contributed by atoms with Crippen LogP contribution in [0.1, 0.15) is 19.8 Å². The zero-order valence-corrected chi connectivity index (χ0v) is 10.8. The number of carbonyl (C=O) groups excluding carboxylic acids is 3. The highest BCUT2D eigenvalue weighted by molar-refractivity contribution is 6.70. The summed E-state index contributed by atoms with van der Waals surface area (Å²) in [5.41, 5.74) is 0.00961. The number of rotatable bonds is 7. The maximum atomic E-state index is 11.0. The Morgan fingerprint density at radius 3 is 2.29 bits per heavy atom. The van der Waals surface area contributed by atoms with E-state index in [0.29, 0.717) is 6.42 Å². The molecule has 0 aliphatic carbocycles. The molecule has 0 radical (unpaired) electrons. The van der Waals surface area contributed by atoms with Gasteiger partial charge in [0.15, 0.2) is 0 Å². The first kappa shape index (κ1) is 15.9. The number of hydrogen-bond acceptors (Lipinski definition) is 4. The van der Waals surface area contributed by atoms with Crippen LogP contribution in [0.2, 0.25) is 0 Å². The van der Waals surface area contributed by atoms with Gasteiger partial charge in [-0.2, -0.15) is 0 Å². The number of hydrogen-bond donors (Lipinski definition) is 0. The average molecular weight is 279 g/mol. The van der Waals surface area contributed by atoms with Crippen molar-refractivity contribution in [1.82, 2.24) is 0 Å². The topological polar surface area (TPSA) is 60.4 Å². The summed E-state index contributed by atoms with van der Waals surface area (Å²) in [4.78, 5) is 32.7. The number of ether oxygens (including phenoxy) is 1. The highest BCUT2D eigenvalue weighted by atomic mass is 35.5. The van der Waals surface area contributed by atoms with E-state index in [1.54, 1.807) is 6.92 Å². The first-order valence-corrected chi connectivity index (χ1v) is 5.59. The van der Waals surface area contributed by atoms with Crippen molar-refractivity contribution in [2.45, 2.75) is 25.9 Å². The second-order valence-corrected chi connectivity index (χ2v) is 3.84. The minimum absolute atomic E-state index is 0.00961. The molecule has 0 spiro atoms. The monoisotopic (exact) mass is 278 g/mol. The van der Waals surface area contributed by atoms with Crippen molar-refractivity contribution in [3.63, 3.8) is 0 Å². The summed E-state index contributed by atoms with van der Waals surface area (Å²) in [6.07, 6.45) is 1.89. The number of esters is 1. The highest BCUT2D eigenvalue weighted by Gasteiger charge is 2.17. The molecule has 0 saturated carbocycles. The normalized spacial score (nSPS) is 12.8. The Morgan fingerprint density at radius 1 is 1.35 bits per heavy atom. The van der Waals surface area contributed by atoms with Crippen LogP contribution in [0.25, 0.3) is 0 Å². The lowest BCUT2D eigenvalue weighted by molar-refractivity contribution is -0.143. The fourth-order valence-electron chi connectivity index (χ4n) is 1.06. The largest absolute Gasteiger partial charge is 0.459 e. The van der Waals surface area contributed by atoms with E-state index in [1.807, 2.05) is 0 Å². The third-order valence-electron chi connectivity index (χ3n) is 1.89. The lowest BCUT2D eigenvalue weighted by Gasteiger charge is -2.15. The summed E-state index contributed by atoms with van der Waals surface area (Å²) in [7, 11) is 0. The molecule has 6 heteroatoms. The van der Waals surface area contributed by atoms with E-state index in [2.05, 4.69) is 6.58 Å². The lowest BCUT2D eigenvalue weighted by atomic mass is 10.1. The second-order valence-electron chi connectivity index (χ2n) is 3.12. The van der Waals surface area contributed by atoms with Crippen LogP contribution in [0.15, 0.2) is 24.3 Å². The molecular formula is C11H12Cl2O4. The molecule has 1 atom stereocenters. The highest BCUT2D eigenvalue weighted by Crippen LogP contribution is 2.15. The van der Waals surface area contributed by atoms with E-state index in [1.165, 1.54) is 0 Å². The maximum absolute atomic E-state index is 11.0. The van der Waals surface area contributed by atoms with Crippen LogP contribution in [0.5, 0.6) is 0 Å². The Balaban J connectivity index is 4.72. The molecule has 0 saturated heterocycles. The number of carbonyl (C=O) groups is 3. The van der Waals surface area contributed by atoms with Gasteiger partial charge in [0.2, 0.25) is 10.5 Å². The summed E-state index contributed by atoms with van der Waals surface area (Å²) >= 11 is 10.4. The van der Waals surface area contributed by atoms with Crippen LogP contribution >= 0.6 is 23.2 Å². The van der Waals surface area contributed by atoms with Gasteiger partial charge in [0, 0.05) is 24.1 Å². The molecule has 0 aromatic heterocycles. The molecule has 17 heavy (non-hydrogen) atoms. The van der Waals surface area contributed by atoms with E-state index >= 15 is 0 Å². The third-order valence-corrected chi connectivity index (χ3v) is 2.24. The second kappa shape index (κ2) is 8.03. The summed E-state index contributed by atoms with van der Waals surface area (Å²) in [6.45, 7) is 5.02. The van der Waals surface area contributed by atoms with Crippen molar-refractivity contribution in [3.8, 4) is 0 Å². The smallest absolute Gasteiger partial charge is 0.330 e. The van der Waals surface area contributed by atoms with Crippen LogP contribution in [0.4, 0.5) is 0 Å². The standard InChI is InChI=1S/C11H12Cl2O4/c1-3-8(17-10(15)4-2)5-7(11(13)16)6-9(12)14/h4,6,8H,2-3,5H2,1H3/b7-6-. The van der Waals surface area contributed by atoms with Crippen molar-refractivity contribution >= 4 is 39.7 Å². The molecule has 0 N–H and O–H groups in total. The Kier molecular flexibility index (Phi) is 7.50. The minimum Gasteiger partial charge on any atom is -0.459 e. The van der Waals surface area contributed by atoms with Crippen LogP contribution in [0, 0.1) is 0 Å². The van der Waals surface area contributed by atoms with E-state index in [9.17, 15) is 14.4 Å². The lowest BCUT2D eigenvalue weighted by Crippen LogP contribution is -2.18. The quantitative estimate of drug-likeness (QED) is 0.407. The summed E-state index contributed by atoms with van der Waals surface area (Å²) in [5, 5.41) is -1.61. The SMILES string of the molecule is C=CC(=O)OC(CC)C/C(=C/C(=O)Cl)C(=O)Cl. The van der Waals surface area contributed by atoms with Gasteiger partial charge < -0.3 is 4.74 Å². The maximum Gasteiger partial charge on any atom is 0.330 e. The fraction of sp³-hybridized carbons (Fsp3) is 0.364. The predicted octanol–water partition coefficient (Wildman–Crippen LogP) is 2.34. The molecule has 0 bridgehead atoms. The molecule has 1 unspecified atom stereocenters. The van der Waals surface area contributed by atoms with Crippen LogP contribution in [0.3, 0.4) is 0 Å². The van der Waals surface area contributed by atoms with Crippen molar-refractivity contribution in [3.05, 3.63) is 24.3 Å². The molecule has 0 aromatic carbocycles. The van der Waals surface area contributed by atoms with Gasteiger partial charge in [-0.1, -0.05) is 13.5 Å². The number of halogens is 2. The average Bonchev–Trinajstić information content (AvgIpc) is 2.25. The van der Waals surface area contributed by atoms with Crippen LogP contribution in [-0.2, 0) is 19.1 Å². The Hall–Kier alpha value is -1.13. The number of allylic oxidation sites excluding steroid dienone is 1. The van der Waals surface area contributed by atoms with E-state index in [-0.39, 0.29) is 12.0 Å².